The van der Waals surface area contributed by atoms with E-state index in [1.165, 1.54) is 80.4 Å². The van der Waals surface area contributed by atoms with E-state index >= 15 is 0 Å². The molecule has 6 nitrogen and oxygen atoms in total. The first-order valence-electron chi connectivity index (χ1n) is 18.0. The molecule has 2 N–H and O–H groups in total. The normalized spacial score (nSPS) is 11.8. The first-order valence-corrected chi connectivity index (χ1v) is 18.0. The molecule has 0 aliphatic carbocycles. The van der Waals surface area contributed by atoms with Crippen molar-refractivity contribution >= 4 is 43.6 Å². The summed E-state index contributed by atoms with van der Waals surface area (Å²) < 4.78 is 4.78. The maximum atomic E-state index is 4.85. The maximum Gasteiger partial charge on any atom is 0.0681 e. The summed E-state index contributed by atoms with van der Waals surface area (Å²) in [7, 11) is 0. The van der Waals surface area contributed by atoms with E-state index in [1.807, 2.05) is 0 Å². The molecule has 0 aliphatic rings. The molecule has 0 unspecified atom stereocenters. The third-order valence-electron chi connectivity index (χ3n) is 9.87. The van der Waals surface area contributed by atoms with Crippen molar-refractivity contribution in [2.24, 2.45) is 0 Å². The summed E-state index contributed by atoms with van der Waals surface area (Å²) in [6, 6.07) is 43.3. The first-order chi connectivity index (χ1) is 24.8. The molecule has 0 fully saturated rings. The number of benzene rings is 4. The summed E-state index contributed by atoms with van der Waals surface area (Å²) in [5.74, 6) is 0. The van der Waals surface area contributed by atoms with Crippen LogP contribution in [0.15, 0.2) is 134 Å². The molecule has 0 bridgehead atoms. The van der Waals surface area contributed by atoms with Crippen molar-refractivity contribution in [1.29, 1.82) is 0 Å². The summed E-state index contributed by atoms with van der Waals surface area (Å²) in [5.41, 5.74) is 9.68. The van der Waals surface area contributed by atoms with E-state index in [9.17, 15) is 0 Å². The van der Waals surface area contributed by atoms with Gasteiger partial charge in [0.2, 0.25) is 0 Å². The summed E-state index contributed by atoms with van der Waals surface area (Å²) in [6.45, 7) is 5.27. The van der Waals surface area contributed by atoms with Gasteiger partial charge in [-0.15, -0.1) is 0 Å². The second-order valence-electron chi connectivity index (χ2n) is 13.3. The lowest BCUT2D eigenvalue weighted by molar-refractivity contribution is 0.559. The van der Waals surface area contributed by atoms with Gasteiger partial charge in [-0.05, 0) is 61.3 Å². The lowest BCUT2D eigenvalue weighted by Gasteiger charge is -2.09. The van der Waals surface area contributed by atoms with Crippen LogP contribution in [-0.4, -0.2) is 32.2 Å². The van der Waals surface area contributed by atoms with Crippen LogP contribution in [0.5, 0.6) is 0 Å². The monoisotopic (exact) mass is 656 g/mol. The van der Waals surface area contributed by atoms with E-state index in [4.69, 9.17) is 9.97 Å². The highest BCUT2D eigenvalue weighted by Crippen LogP contribution is 2.31. The van der Waals surface area contributed by atoms with Crippen molar-refractivity contribution in [2.45, 2.75) is 51.9 Å². The van der Waals surface area contributed by atoms with E-state index in [-0.39, 0.29) is 0 Å². The molecule has 250 valence electrons. The number of pyridine rings is 2. The molecule has 0 amide bonds. The molecule has 4 heterocycles. The molecule has 0 spiro atoms. The lowest BCUT2D eigenvalue weighted by Crippen LogP contribution is -2.16. The number of unbranched alkanes of at least 4 members (excludes halogenated alkanes) is 3. The molecule has 0 aliphatic heterocycles. The standard InChI is InChI=1S/C44H44N6/c1(13-23-45-27-35-25-39-37-19-9-11-21-41(37)49(43(39)29-47-35)31-33-15-5-3-6-16-33)2-14-24-46-28-36-26-40-38-20-10-12-22-42(38)50(44(40)30-48-36)32-34-17-7-4-8-18-34/h3-12,15-22,25-26,29-30,45-46H,1-2,13-14,23-24,27-28,31-32H2. The fraction of sp³-hybridized carbons (Fsp3) is 0.227. The Morgan fingerprint density at radius 3 is 1.30 bits per heavy atom. The molecule has 8 rings (SSSR count). The summed E-state index contributed by atoms with van der Waals surface area (Å²) in [6.07, 6.45) is 8.90. The predicted octanol–water partition coefficient (Wildman–Crippen LogP) is 9.23. The molecule has 4 aromatic carbocycles. The van der Waals surface area contributed by atoms with E-state index < -0.39 is 0 Å². The number of fused-ring (bicyclic) bond motifs is 6. The smallest absolute Gasteiger partial charge is 0.0681 e. The maximum absolute atomic E-state index is 4.85. The molecular weight excluding hydrogens is 613 g/mol. The Balaban J connectivity index is 0.788. The number of nitrogens with one attached hydrogen (secondary N) is 2. The lowest BCUT2D eigenvalue weighted by atomic mass is 10.1. The minimum Gasteiger partial charge on any atom is -0.335 e. The molecular formula is C44H44N6. The molecule has 0 saturated carbocycles. The van der Waals surface area contributed by atoms with Crippen LogP contribution in [0.3, 0.4) is 0 Å². The average Bonchev–Trinajstić information content (AvgIpc) is 3.64. The Hall–Kier alpha value is -5.30. The van der Waals surface area contributed by atoms with Gasteiger partial charge in [0.25, 0.3) is 0 Å². The molecule has 0 atom stereocenters. The number of para-hydroxylation sites is 2. The van der Waals surface area contributed by atoms with Crippen LogP contribution in [0.2, 0.25) is 0 Å². The van der Waals surface area contributed by atoms with Crippen LogP contribution >= 0.6 is 0 Å². The van der Waals surface area contributed by atoms with Gasteiger partial charge in [0.1, 0.15) is 0 Å². The highest BCUT2D eigenvalue weighted by molar-refractivity contribution is 6.08. The number of hydrogen-bond donors (Lipinski definition) is 2. The number of nitrogens with zero attached hydrogens (tertiary/aromatic N) is 4. The Morgan fingerprint density at radius 2 is 0.840 bits per heavy atom. The predicted molar refractivity (Wildman–Crippen MR) is 207 cm³/mol. The van der Waals surface area contributed by atoms with Crippen LogP contribution in [0, 0.1) is 0 Å². The van der Waals surface area contributed by atoms with Gasteiger partial charge in [-0.2, -0.15) is 0 Å². The second-order valence-corrected chi connectivity index (χ2v) is 13.3. The third-order valence-corrected chi connectivity index (χ3v) is 9.87. The van der Waals surface area contributed by atoms with Crippen LogP contribution in [-0.2, 0) is 26.2 Å². The van der Waals surface area contributed by atoms with Crippen LogP contribution in [0.1, 0.15) is 48.2 Å². The zero-order valence-electron chi connectivity index (χ0n) is 28.6. The molecule has 50 heavy (non-hydrogen) atoms. The molecule has 4 aromatic heterocycles. The fourth-order valence-electron chi connectivity index (χ4n) is 7.33. The summed E-state index contributed by atoms with van der Waals surface area (Å²) in [5, 5.41) is 12.4. The van der Waals surface area contributed by atoms with E-state index in [0.29, 0.717) is 0 Å². The quantitative estimate of drug-likeness (QED) is 0.108. The summed E-state index contributed by atoms with van der Waals surface area (Å²) >= 11 is 0. The third kappa shape index (κ3) is 6.90. The van der Waals surface area contributed by atoms with Gasteiger partial charge >= 0.3 is 0 Å². The van der Waals surface area contributed by atoms with Gasteiger partial charge in [0.05, 0.1) is 34.8 Å². The van der Waals surface area contributed by atoms with Gasteiger partial charge in [0.15, 0.2) is 0 Å². The van der Waals surface area contributed by atoms with Crippen molar-refractivity contribution in [3.8, 4) is 0 Å². The zero-order valence-corrected chi connectivity index (χ0v) is 28.6. The zero-order chi connectivity index (χ0) is 33.5. The Bertz CT molecular complexity index is 2170. The highest BCUT2D eigenvalue weighted by atomic mass is 15.0. The van der Waals surface area contributed by atoms with Crippen molar-refractivity contribution in [1.82, 2.24) is 29.7 Å². The number of rotatable bonds is 15. The Kier molecular flexibility index (Phi) is 9.63. The largest absolute Gasteiger partial charge is 0.335 e. The van der Waals surface area contributed by atoms with Gasteiger partial charge < -0.3 is 19.8 Å². The van der Waals surface area contributed by atoms with Crippen LogP contribution < -0.4 is 10.6 Å². The molecule has 0 saturated heterocycles. The van der Waals surface area contributed by atoms with E-state index in [1.54, 1.807) is 0 Å². The van der Waals surface area contributed by atoms with Crippen LogP contribution in [0.25, 0.3) is 43.6 Å². The van der Waals surface area contributed by atoms with Gasteiger partial charge in [0, 0.05) is 58.8 Å². The molecule has 6 heteroatoms. The van der Waals surface area contributed by atoms with Crippen molar-refractivity contribution in [2.75, 3.05) is 13.1 Å². The van der Waals surface area contributed by atoms with Gasteiger partial charge in [-0.1, -0.05) is 110 Å². The van der Waals surface area contributed by atoms with Crippen LogP contribution in [0.4, 0.5) is 0 Å². The number of hydrogen-bond acceptors (Lipinski definition) is 4. The minimum absolute atomic E-state index is 0.790. The number of aromatic nitrogens is 4. The average molecular weight is 657 g/mol. The highest BCUT2D eigenvalue weighted by Gasteiger charge is 2.13. The second kappa shape index (κ2) is 15.1. The van der Waals surface area contributed by atoms with Crippen molar-refractivity contribution in [3.05, 3.63) is 156 Å². The molecule has 0 radical (unpaired) electrons. The SMILES string of the molecule is c1ccc(Cn2c3ccccc3c3cc(CNCCCCCCNCc4cc5c6ccccc6n(Cc6ccccc6)c5cn4)ncc32)cc1. The van der Waals surface area contributed by atoms with E-state index in [2.05, 4.69) is 153 Å². The van der Waals surface area contributed by atoms with Crippen molar-refractivity contribution < 1.29 is 0 Å². The first kappa shape index (κ1) is 31.9. The van der Waals surface area contributed by atoms with E-state index in [0.717, 1.165) is 50.7 Å². The minimum atomic E-state index is 0.790. The Morgan fingerprint density at radius 1 is 0.420 bits per heavy atom. The fourth-order valence-corrected chi connectivity index (χ4v) is 7.33. The Labute approximate surface area is 293 Å². The topological polar surface area (TPSA) is 59.7 Å². The van der Waals surface area contributed by atoms with Gasteiger partial charge in [-0.3, -0.25) is 9.97 Å². The summed E-state index contributed by atoms with van der Waals surface area (Å²) in [4.78, 5) is 9.70. The van der Waals surface area contributed by atoms with Gasteiger partial charge in [-0.25, -0.2) is 0 Å². The molecule has 8 aromatic rings. The van der Waals surface area contributed by atoms with Crippen molar-refractivity contribution in [3.63, 3.8) is 0 Å².